The molecule has 0 aliphatic heterocycles. The molecule has 1 aromatic carbocycles. The Morgan fingerprint density at radius 2 is 1.65 bits per heavy atom. The first-order valence-corrected chi connectivity index (χ1v) is 8.31. The van der Waals surface area contributed by atoms with E-state index in [-0.39, 0.29) is 23.5 Å². The molecule has 136 valence electrons. The van der Waals surface area contributed by atoms with Crippen molar-refractivity contribution in [3.05, 3.63) is 41.7 Å². The van der Waals surface area contributed by atoms with E-state index in [0.717, 1.165) is 18.4 Å². The summed E-state index contributed by atoms with van der Waals surface area (Å²) in [6.07, 6.45) is 0.630. The van der Waals surface area contributed by atoms with Gasteiger partial charge in [-0.15, -0.1) is 0 Å². The Morgan fingerprint density at radius 3 is 2.23 bits per heavy atom. The van der Waals surface area contributed by atoms with Gasteiger partial charge in [0.2, 0.25) is 17.8 Å². The number of rotatable bonds is 6. The maximum absolute atomic E-state index is 10.0. The van der Waals surface area contributed by atoms with Gasteiger partial charge in [-0.05, 0) is 12.8 Å². The van der Waals surface area contributed by atoms with E-state index in [1.807, 2.05) is 30.3 Å². The first-order valence-electron chi connectivity index (χ1n) is 8.31. The lowest BCUT2D eigenvalue weighted by Gasteiger charge is -2.13. The van der Waals surface area contributed by atoms with Crippen LogP contribution in [0.2, 0.25) is 0 Å². The van der Waals surface area contributed by atoms with E-state index in [1.54, 1.807) is 0 Å². The summed E-state index contributed by atoms with van der Waals surface area (Å²) in [6.45, 7) is 2.05. The second kappa shape index (κ2) is 7.46. The number of aliphatic hydroxyl groups excluding tert-OH is 1. The molecule has 2 aromatic heterocycles. The van der Waals surface area contributed by atoms with Crippen molar-refractivity contribution in [3.8, 4) is 17.3 Å². The third-order valence-corrected chi connectivity index (χ3v) is 3.89. The minimum atomic E-state index is -1.76. The van der Waals surface area contributed by atoms with E-state index < -0.39 is 6.29 Å². The number of imidazole rings is 1. The number of nitrogen functional groups attached to an aromatic ring is 2. The molecule has 3 rings (SSSR count). The molecule has 2 heterocycles. The molecule has 0 saturated heterocycles. The molecule has 0 amide bonds. The van der Waals surface area contributed by atoms with Crippen LogP contribution in [0.15, 0.2) is 30.3 Å². The van der Waals surface area contributed by atoms with Crippen LogP contribution in [0.4, 0.5) is 11.9 Å². The summed E-state index contributed by atoms with van der Waals surface area (Å²) in [5.41, 5.74) is 12.9. The van der Waals surface area contributed by atoms with Gasteiger partial charge in [-0.1, -0.05) is 43.7 Å². The molecule has 3 aromatic rings. The molecule has 26 heavy (non-hydrogen) atoms. The summed E-state index contributed by atoms with van der Waals surface area (Å²) >= 11 is 0. The zero-order valence-electron chi connectivity index (χ0n) is 14.4. The van der Waals surface area contributed by atoms with Gasteiger partial charge in [-0.2, -0.15) is 15.0 Å². The van der Waals surface area contributed by atoms with Crippen molar-refractivity contribution in [2.24, 2.45) is 0 Å². The molecule has 0 fully saturated rings. The fourth-order valence-corrected chi connectivity index (χ4v) is 2.75. The maximum atomic E-state index is 10.0. The number of hydrogen-bond donors (Lipinski definition) is 4. The van der Waals surface area contributed by atoms with Gasteiger partial charge < -0.3 is 21.7 Å². The van der Waals surface area contributed by atoms with E-state index in [4.69, 9.17) is 11.5 Å². The summed E-state index contributed by atoms with van der Waals surface area (Å²) in [7, 11) is 0. The van der Waals surface area contributed by atoms with Crippen molar-refractivity contribution >= 4 is 11.9 Å². The Labute approximate surface area is 150 Å². The number of nitrogens with two attached hydrogens (primary N) is 2. The van der Waals surface area contributed by atoms with Gasteiger partial charge in [0.25, 0.3) is 0 Å². The van der Waals surface area contributed by atoms with Crippen LogP contribution in [0.3, 0.4) is 0 Å². The highest BCUT2D eigenvalue weighted by atomic mass is 16.5. The van der Waals surface area contributed by atoms with Crippen LogP contribution in [-0.2, 0) is 6.42 Å². The monoisotopic (exact) mass is 355 g/mol. The highest BCUT2D eigenvalue weighted by molar-refractivity contribution is 5.59. The van der Waals surface area contributed by atoms with E-state index in [2.05, 4.69) is 26.9 Å². The summed E-state index contributed by atoms with van der Waals surface area (Å²) in [5.74, 6) is 0.444. The van der Waals surface area contributed by atoms with E-state index >= 15 is 0 Å². The van der Waals surface area contributed by atoms with Crippen LogP contribution >= 0.6 is 0 Å². The fourth-order valence-electron chi connectivity index (χ4n) is 2.75. The molecule has 0 radical (unpaired) electrons. The van der Waals surface area contributed by atoms with Crippen molar-refractivity contribution in [2.45, 2.75) is 32.5 Å². The SMILES string of the molecule is CCCCc1nc(-c2ccccc2)n(-c2nc(N)nc(N)n2)c1C(O)O. The number of unbranched alkanes of at least 4 members (excludes halogenated alkanes) is 1. The molecule has 0 bridgehead atoms. The Hall–Kier alpha value is -3.04. The molecule has 0 aliphatic rings. The summed E-state index contributed by atoms with van der Waals surface area (Å²) < 4.78 is 1.47. The van der Waals surface area contributed by atoms with Crippen LogP contribution in [0, 0.1) is 0 Å². The number of hydrogen-bond acceptors (Lipinski definition) is 8. The van der Waals surface area contributed by atoms with Gasteiger partial charge in [0, 0.05) is 5.56 Å². The van der Waals surface area contributed by atoms with Gasteiger partial charge in [0.05, 0.1) is 5.69 Å². The fraction of sp³-hybridized carbons (Fsp3) is 0.294. The van der Waals surface area contributed by atoms with Gasteiger partial charge >= 0.3 is 0 Å². The maximum Gasteiger partial charge on any atom is 0.242 e. The highest BCUT2D eigenvalue weighted by Gasteiger charge is 2.25. The third kappa shape index (κ3) is 3.48. The Bertz CT molecular complexity index is 873. The van der Waals surface area contributed by atoms with Gasteiger partial charge in [-0.3, -0.25) is 4.57 Å². The van der Waals surface area contributed by atoms with Crippen LogP contribution < -0.4 is 11.5 Å². The van der Waals surface area contributed by atoms with Crippen molar-refractivity contribution < 1.29 is 10.2 Å². The quantitative estimate of drug-likeness (QED) is 0.482. The minimum absolute atomic E-state index is 0.0614. The standard InChI is InChI=1S/C17H21N7O2/c1-2-3-9-11-12(14(25)26)24(17-22-15(18)21-16(19)23-17)13(20-11)10-7-5-4-6-8-10/h4-8,14,25-26H,2-3,9H2,1H3,(H4,18,19,21,22,23). The molecule has 6 N–H and O–H groups in total. The minimum Gasteiger partial charge on any atom is -0.368 e. The number of anilines is 2. The van der Waals surface area contributed by atoms with E-state index in [9.17, 15) is 10.2 Å². The molecule has 0 saturated carbocycles. The number of aromatic nitrogens is 5. The Balaban J connectivity index is 2.29. The molecule has 9 heteroatoms. The zero-order chi connectivity index (χ0) is 18.7. The number of benzene rings is 1. The van der Waals surface area contributed by atoms with Crippen molar-refractivity contribution in [3.63, 3.8) is 0 Å². The predicted octanol–water partition coefficient (Wildman–Crippen LogP) is 1.21. The van der Waals surface area contributed by atoms with E-state index in [0.29, 0.717) is 17.9 Å². The van der Waals surface area contributed by atoms with Crippen LogP contribution in [0.1, 0.15) is 37.4 Å². The second-order valence-corrected chi connectivity index (χ2v) is 5.80. The smallest absolute Gasteiger partial charge is 0.242 e. The average Bonchev–Trinajstić information content (AvgIpc) is 2.99. The second-order valence-electron chi connectivity index (χ2n) is 5.80. The van der Waals surface area contributed by atoms with Crippen molar-refractivity contribution in [1.82, 2.24) is 24.5 Å². The van der Waals surface area contributed by atoms with Gasteiger partial charge in [-0.25, -0.2) is 4.98 Å². The molecule has 0 unspecified atom stereocenters. The average molecular weight is 355 g/mol. The van der Waals surface area contributed by atoms with Crippen molar-refractivity contribution in [1.29, 1.82) is 0 Å². The largest absolute Gasteiger partial charge is 0.368 e. The Morgan fingerprint density at radius 1 is 1.00 bits per heavy atom. The van der Waals surface area contributed by atoms with Crippen LogP contribution in [0.25, 0.3) is 17.3 Å². The molecular formula is C17H21N7O2. The Kier molecular flexibility index (Phi) is 5.10. The van der Waals surface area contributed by atoms with E-state index in [1.165, 1.54) is 4.57 Å². The lowest BCUT2D eigenvalue weighted by molar-refractivity contribution is -0.0477. The molecular weight excluding hydrogens is 334 g/mol. The molecule has 0 atom stereocenters. The first-order chi connectivity index (χ1) is 12.5. The third-order valence-electron chi connectivity index (χ3n) is 3.89. The van der Waals surface area contributed by atoms with Crippen molar-refractivity contribution in [2.75, 3.05) is 11.5 Å². The van der Waals surface area contributed by atoms with Gasteiger partial charge in [0.15, 0.2) is 6.29 Å². The predicted molar refractivity (Wildman–Crippen MR) is 97.0 cm³/mol. The zero-order valence-corrected chi connectivity index (χ0v) is 14.4. The van der Waals surface area contributed by atoms with Gasteiger partial charge in [0.1, 0.15) is 11.5 Å². The summed E-state index contributed by atoms with van der Waals surface area (Å²) in [4.78, 5) is 16.6. The number of nitrogens with zero attached hydrogens (tertiary/aromatic N) is 5. The van der Waals surface area contributed by atoms with Crippen LogP contribution in [-0.4, -0.2) is 34.7 Å². The molecule has 0 aliphatic carbocycles. The lowest BCUT2D eigenvalue weighted by Crippen LogP contribution is -2.14. The number of aliphatic hydroxyl groups is 2. The highest BCUT2D eigenvalue weighted by Crippen LogP contribution is 2.29. The topological polar surface area (TPSA) is 149 Å². The first kappa shape index (κ1) is 17.8. The lowest BCUT2D eigenvalue weighted by atomic mass is 10.1. The number of aryl methyl sites for hydroxylation is 1. The summed E-state index contributed by atoms with van der Waals surface area (Å²) in [5, 5.41) is 20.0. The summed E-state index contributed by atoms with van der Waals surface area (Å²) in [6, 6.07) is 9.35. The molecule has 9 nitrogen and oxygen atoms in total. The van der Waals surface area contributed by atoms with Crippen LogP contribution in [0.5, 0.6) is 0 Å². The normalized spacial score (nSPS) is 11.2. The molecule has 0 spiro atoms.